The molecule has 3 rings (SSSR count). The summed E-state index contributed by atoms with van der Waals surface area (Å²) in [6, 6.07) is 7.30. The van der Waals surface area contributed by atoms with Crippen molar-refractivity contribution in [2.75, 3.05) is 26.3 Å². The molecule has 3 heteroatoms. The van der Waals surface area contributed by atoms with Crippen LogP contribution < -0.4 is 4.74 Å². The van der Waals surface area contributed by atoms with Crippen molar-refractivity contribution in [1.29, 1.82) is 0 Å². The first-order valence-corrected chi connectivity index (χ1v) is 7.96. The van der Waals surface area contributed by atoms with Crippen LogP contribution >= 0.6 is 0 Å². The van der Waals surface area contributed by atoms with Crippen molar-refractivity contribution in [3.63, 3.8) is 0 Å². The second kappa shape index (κ2) is 6.59. The van der Waals surface area contributed by atoms with Crippen LogP contribution in [0.5, 0.6) is 5.75 Å². The van der Waals surface area contributed by atoms with Crippen LogP contribution in [0.25, 0.3) is 0 Å². The van der Waals surface area contributed by atoms with Gasteiger partial charge in [-0.2, -0.15) is 0 Å². The molecule has 0 radical (unpaired) electrons. The predicted octanol–water partition coefficient (Wildman–Crippen LogP) is 2.40. The Hall–Kier alpha value is -1.06. The van der Waals surface area contributed by atoms with E-state index in [0.717, 1.165) is 38.3 Å². The van der Waals surface area contributed by atoms with Gasteiger partial charge in [0.1, 0.15) is 5.75 Å². The van der Waals surface area contributed by atoms with Crippen LogP contribution in [-0.2, 0) is 12.8 Å². The molecule has 0 amide bonds. The summed E-state index contributed by atoms with van der Waals surface area (Å²) in [6.45, 7) is 2.98. The third-order valence-electron chi connectivity index (χ3n) is 4.67. The molecule has 2 aliphatic rings. The Morgan fingerprint density at radius 3 is 2.85 bits per heavy atom. The van der Waals surface area contributed by atoms with E-state index in [2.05, 4.69) is 23.1 Å². The lowest BCUT2D eigenvalue weighted by Gasteiger charge is -2.28. The molecule has 1 aliphatic carbocycles. The summed E-state index contributed by atoms with van der Waals surface area (Å²) in [4.78, 5) is 2.48. The number of hydrogen-bond donors (Lipinski definition) is 1. The number of nitrogens with zero attached hydrogens (tertiary/aromatic N) is 1. The van der Waals surface area contributed by atoms with Crippen molar-refractivity contribution in [2.45, 2.75) is 44.6 Å². The van der Waals surface area contributed by atoms with Crippen molar-refractivity contribution in [1.82, 2.24) is 4.90 Å². The third kappa shape index (κ3) is 3.15. The first kappa shape index (κ1) is 13.9. The Morgan fingerprint density at radius 1 is 1.20 bits per heavy atom. The Morgan fingerprint density at radius 2 is 2.05 bits per heavy atom. The van der Waals surface area contributed by atoms with Crippen LogP contribution in [0.4, 0.5) is 0 Å². The van der Waals surface area contributed by atoms with Gasteiger partial charge in [0.25, 0.3) is 0 Å². The fourth-order valence-corrected chi connectivity index (χ4v) is 3.54. The van der Waals surface area contributed by atoms with Crippen LogP contribution in [0.15, 0.2) is 18.2 Å². The number of hydrogen-bond acceptors (Lipinski definition) is 3. The highest BCUT2D eigenvalue weighted by Crippen LogP contribution is 2.27. The molecular formula is C17H25NO2. The molecule has 0 atom stereocenters. The zero-order valence-electron chi connectivity index (χ0n) is 12.2. The third-order valence-corrected chi connectivity index (χ3v) is 4.67. The lowest BCUT2D eigenvalue weighted by Crippen LogP contribution is -2.37. The van der Waals surface area contributed by atoms with E-state index in [4.69, 9.17) is 4.74 Å². The van der Waals surface area contributed by atoms with Gasteiger partial charge in [0.05, 0.1) is 13.2 Å². The summed E-state index contributed by atoms with van der Waals surface area (Å²) < 4.78 is 5.56. The zero-order chi connectivity index (χ0) is 13.8. The first-order chi connectivity index (χ1) is 9.86. The number of aliphatic hydroxyl groups excluding tert-OH is 1. The summed E-state index contributed by atoms with van der Waals surface area (Å²) >= 11 is 0. The standard InChI is InChI=1S/C17H25NO2/c19-11-10-18(16-3-1-2-4-16)9-7-14-5-6-17-15(13-14)8-12-20-17/h5-6,13,16,19H,1-4,7-12H2. The topological polar surface area (TPSA) is 32.7 Å². The van der Waals surface area contributed by atoms with E-state index in [0.29, 0.717) is 6.04 Å². The van der Waals surface area contributed by atoms with Gasteiger partial charge in [-0.15, -0.1) is 0 Å². The molecule has 1 saturated carbocycles. The van der Waals surface area contributed by atoms with E-state index in [1.54, 1.807) is 0 Å². The van der Waals surface area contributed by atoms with Crippen molar-refractivity contribution >= 4 is 0 Å². The Balaban J connectivity index is 1.58. The molecule has 20 heavy (non-hydrogen) atoms. The summed E-state index contributed by atoms with van der Waals surface area (Å²) in [7, 11) is 0. The summed E-state index contributed by atoms with van der Waals surface area (Å²) in [6.07, 6.45) is 7.43. The molecule has 0 spiro atoms. The molecule has 1 aromatic carbocycles. The molecule has 3 nitrogen and oxygen atoms in total. The number of aliphatic hydroxyl groups is 1. The van der Waals surface area contributed by atoms with Crippen molar-refractivity contribution < 1.29 is 9.84 Å². The summed E-state index contributed by atoms with van der Waals surface area (Å²) in [5, 5.41) is 9.26. The fraction of sp³-hybridized carbons (Fsp3) is 0.647. The average molecular weight is 275 g/mol. The fourth-order valence-electron chi connectivity index (χ4n) is 3.54. The number of ether oxygens (including phenoxy) is 1. The van der Waals surface area contributed by atoms with Crippen LogP contribution in [0.1, 0.15) is 36.8 Å². The van der Waals surface area contributed by atoms with Gasteiger partial charge >= 0.3 is 0 Å². The van der Waals surface area contributed by atoms with Crippen molar-refractivity contribution in [2.24, 2.45) is 0 Å². The molecule has 1 heterocycles. The highest BCUT2D eigenvalue weighted by molar-refractivity contribution is 5.39. The maximum atomic E-state index is 9.26. The van der Waals surface area contributed by atoms with Crippen LogP contribution in [0.2, 0.25) is 0 Å². The van der Waals surface area contributed by atoms with Gasteiger partial charge < -0.3 is 9.84 Å². The molecule has 110 valence electrons. The molecule has 0 aromatic heterocycles. The minimum atomic E-state index is 0.272. The molecule has 0 saturated heterocycles. The van der Waals surface area contributed by atoms with E-state index < -0.39 is 0 Å². The molecular weight excluding hydrogens is 250 g/mol. The van der Waals surface area contributed by atoms with Crippen LogP contribution in [-0.4, -0.2) is 42.4 Å². The maximum absolute atomic E-state index is 9.26. The monoisotopic (exact) mass is 275 g/mol. The van der Waals surface area contributed by atoms with Gasteiger partial charge in [-0.25, -0.2) is 0 Å². The Kier molecular flexibility index (Phi) is 4.58. The van der Waals surface area contributed by atoms with Gasteiger partial charge in [-0.3, -0.25) is 4.90 Å². The van der Waals surface area contributed by atoms with E-state index in [-0.39, 0.29) is 6.61 Å². The second-order valence-electron chi connectivity index (χ2n) is 5.99. The van der Waals surface area contributed by atoms with Crippen molar-refractivity contribution in [3.05, 3.63) is 29.3 Å². The molecule has 1 aromatic rings. The predicted molar refractivity (Wildman–Crippen MR) is 80.3 cm³/mol. The van der Waals surface area contributed by atoms with Crippen molar-refractivity contribution in [3.8, 4) is 5.75 Å². The van der Waals surface area contributed by atoms with E-state index >= 15 is 0 Å². The normalized spacial score (nSPS) is 18.5. The SMILES string of the molecule is OCCN(CCc1ccc2c(c1)CCO2)C1CCCC1. The van der Waals surface area contributed by atoms with E-state index in [1.165, 1.54) is 36.8 Å². The minimum Gasteiger partial charge on any atom is -0.493 e. The summed E-state index contributed by atoms with van der Waals surface area (Å²) in [5.74, 6) is 1.07. The van der Waals surface area contributed by atoms with Gasteiger partial charge in [0.15, 0.2) is 0 Å². The highest BCUT2D eigenvalue weighted by Gasteiger charge is 2.22. The molecule has 1 fully saturated rings. The number of fused-ring (bicyclic) bond motifs is 1. The first-order valence-electron chi connectivity index (χ1n) is 7.96. The highest BCUT2D eigenvalue weighted by atomic mass is 16.5. The number of rotatable bonds is 6. The largest absolute Gasteiger partial charge is 0.493 e. The number of benzene rings is 1. The lowest BCUT2D eigenvalue weighted by atomic mass is 10.1. The Labute approximate surface area is 121 Å². The molecule has 1 N–H and O–H groups in total. The Bertz CT molecular complexity index is 441. The van der Waals surface area contributed by atoms with Crippen LogP contribution in [0.3, 0.4) is 0 Å². The van der Waals surface area contributed by atoms with E-state index in [9.17, 15) is 5.11 Å². The maximum Gasteiger partial charge on any atom is 0.122 e. The quantitative estimate of drug-likeness (QED) is 0.865. The zero-order valence-corrected chi connectivity index (χ0v) is 12.2. The molecule has 0 bridgehead atoms. The molecule has 0 unspecified atom stereocenters. The molecule has 1 aliphatic heterocycles. The summed E-state index contributed by atoms with van der Waals surface area (Å²) in [5.41, 5.74) is 2.76. The van der Waals surface area contributed by atoms with Gasteiger partial charge in [-0.1, -0.05) is 25.0 Å². The second-order valence-corrected chi connectivity index (χ2v) is 5.99. The minimum absolute atomic E-state index is 0.272. The smallest absolute Gasteiger partial charge is 0.122 e. The lowest BCUT2D eigenvalue weighted by molar-refractivity contribution is 0.153. The van der Waals surface area contributed by atoms with E-state index in [1.807, 2.05) is 0 Å². The average Bonchev–Trinajstić information content (AvgIpc) is 3.13. The van der Waals surface area contributed by atoms with Gasteiger partial charge in [0.2, 0.25) is 0 Å². The van der Waals surface area contributed by atoms with Crippen LogP contribution in [0, 0.1) is 0 Å². The van der Waals surface area contributed by atoms with Gasteiger partial charge in [0, 0.05) is 25.6 Å². The van der Waals surface area contributed by atoms with Gasteiger partial charge in [-0.05, 0) is 36.5 Å².